The molecular formula is C16H28F2N2O. The van der Waals surface area contributed by atoms with E-state index < -0.39 is 11.3 Å². The van der Waals surface area contributed by atoms with Gasteiger partial charge < -0.3 is 4.90 Å². The summed E-state index contributed by atoms with van der Waals surface area (Å²) in [5.74, 6) is -2.89. The lowest BCUT2D eigenvalue weighted by atomic mass is 9.75. The van der Waals surface area contributed by atoms with Gasteiger partial charge in [-0.3, -0.25) is 9.69 Å². The van der Waals surface area contributed by atoms with Crippen molar-refractivity contribution in [2.75, 3.05) is 19.6 Å². The molecule has 1 atom stereocenters. The van der Waals surface area contributed by atoms with Gasteiger partial charge in [0.25, 0.3) is 5.92 Å². The average Bonchev–Trinajstić information content (AvgIpc) is 2.52. The molecular weight excluding hydrogens is 274 g/mol. The van der Waals surface area contributed by atoms with Crippen LogP contribution in [0.1, 0.15) is 54.4 Å². The van der Waals surface area contributed by atoms with Crippen molar-refractivity contribution >= 4 is 5.91 Å². The van der Waals surface area contributed by atoms with Gasteiger partial charge in [-0.1, -0.05) is 0 Å². The number of likely N-dealkylation sites (tertiary alicyclic amines) is 2. The molecule has 2 heterocycles. The van der Waals surface area contributed by atoms with Crippen molar-refractivity contribution in [1.29, 1.82) is 0 Å². The van der Waals surface area contributed by atoms with Gasteiger partial charge >= 0.3 is 0 Å². The van der Waals surface area contributed by atoms with Crippen LogP contribution in [0.25, 0.3) is 0 Å². The van der Waals surface area contributed by atoms with E-state index in [2.05, 4.69) is 0 Å². The molecule has 0 N–H and O–H groups in total. The van der Waals surface area contributed by atoms with Crippen molar-refractivity contribution in [1.82, 2.24) is 9.80 Å². The maximum Gasteiger partial charge on any atom is 0.261 e. The number of halogens is 2. The van der Waals surface area contributed by atoms with Gasteiger partial charge in [0, 0.05) is 30.6 Å². The minimum Gasteiger partial charge on any atom is -0.337 e. The molecule has 0 radical (unpaired) electrons. The second-order valence-corrected chi connectivity index (χ2v) is 8.72. The van der Waals surface area contributed by atoms with E-state index in [0.717, 1.165) is 0 Å². The fraction of sp³-hybridized carbons (Fsp3) is 0.938. The van der Waals surface area contributed by atoms with Gasteiger partial charge in [0.05, 0.1) is 12.0 Å². The maximum atomic E-state index is 14.3. The number of hydrogen-bond donors (Lipinski definition) is 0. The minimum atomic E-state index is -2.80. The lowest BCUT2D eigenvalue weighted by Gasteiger charge is -2.48. The highest BCUT2D eigenvalue weighted by atomic mass is 19.3. The molecule has 1 amide bonds. The van der Waals surface area contributed by atoms with Gasteiger partial charge in [-0.25, -0.2) is 8.78 Å². The van der Waals surface area contributed by atoms with Crippen LogP contribution in [0.3, 0.4) is 0 Å². The number of amides is 1. The van der Waals surface area contributed by atoms with Gasteiger partial charge in [0.15, 0.2) is 0 Å². The zero-order valence-corrected chi connectivity index (χ0v) is 14.1. The predicted molar refractivity (Wildman–Crippen MR) is 79.4 cm³/mol. The third-order valence-corrected chi connectivity index (χ3v) is 4.78. The monoisotopic (exact) mass is 302 g/mol. The first-order valence-corrected chi connectivity index (χ1v) is 7.72. The van der Waals surface area contributed by atoms with E-state index in [1.165, 1.54) is 0 Å². The molecule has 2 rings (SSSR count). The molecule has 3 nitrogen and oxygen atoms in total. The third kappa shape index (κ3) is 3.08. The van der Waals surface area contributed by atoms with Gasteiger partial charge in [-0.2, -0.15) is 0 Å². The van der Waals surface area contributed by atoms with Crippen molar-refractivity contribution in [2.45, 2.75) is 71.4 Å². The van der Waals surface area contributed by atoms with Crippen LogP contribution in [-0.2, 0) is 4.79 Å². The smallest absolute Gasteiger partial charge is 0.261 e. The van der Waals surface area contributed by atoms with Crippen molar-refractivity contribution < 1.29 is 13.6 Å². The topological polar surface area (TPSA) is 23.6 Å². The summed E-state index contributed by atoms with van der Waals surface area (Å²) in [7, 11) is 0. The van der Waals surface area contributed by atoms with E-state index in [-0.39, 0.29) is 30.0 Å². The summed E-state index contributed by atoms with van der Waals surface area (Å²) >= 11 is 0. The SMILES string of the molecule is CC(C)(C)N1CC(F)(F)CC2(CCN(C(C)(C)C)C2=O)C1. The first-order chi connectivity index (χ1) is 9.27. The van der Waals surface area contributed by atoms with Gasteiger partial charge in [-0.05, 0) is 48.0 Å². The Morgan fingerprint density at radius 2 is 1.57 bits per heavy atom. The van der Waals surface area contributed by atoms with Crippen LogP contribution in [0, 0.1) is 5.41 Å². The highest BCUT2D eigenvalue weighted by Gasteiger charge is 2.59. The van der Waals surface area contributed by atoms with Gasteiger partial charge in [0.1, 0.15) is 0 Å². The average molecular weight is 302 g/mol. The van der Waals surface area contributed by atoms with E-state index in [9.17, 15) is 13.6 Å². The number of carbonyl (C=O) groups excluding carboxylic acids is 1. The van der Waals surface area contributed by atoms with Crippen LogP contribution in [0.5, 0.6) is 0 Å². The summed E-state index contributed by atoms with van der Waals surface area (Å²) in [4.78, 5) is 16.4. The number of rotatable bonds is 0. The molecule has 0 aromatic carbocycles. The van der Waals surface area contributed by atoms with Crippen LogP contribution in [0.2, 0.25) is 0 Å². The Hall–Kier alpha value is -0.710. The van der Waals surface area contributed by atoms with Crippen molar-refractivity contribution in [3.63, 3.8) is 0 Å². The zero-order valence-electron chi connectivity index (χ0n) is 14.1. The Morgan fingerprint density at radius 1 is 1.00 bits per heavy atom. The first kappa shape index (κ1) is 16.7. The lowest BCUT2D eigenvalue weighted by molar-refractivity contribution is -0.163. The molecule has 1 spiro atoms. The molecule has 5 heteroatoms. The summed E-state index contributed by atoms with van der Waals surface area (Å²) in [5.41, 5.74) is -1.57. The molecule has 0 saturated carbocycles. The molecule has 2 fully saturated rings. The fourth-order valence-electron chi connectivity index (χ4n) is 3.55. The first-order valence-electron chi connectivity index (χ1n) is 7.72. The van der Waals surface area contributed by atoms with Crippen LogP contribution in [-0.4, -0.2) is 52.3 Å². The second-order valence-electron chi connectivity index (χ2n) is 8.72. The Morgan fingerprint density at radius 3 is 2.00 bits per heavy atom. The third-order valence-electron chi connectivity index (χ3n) is 4.78. The number of nitrogens with zero attached hydrogens (tertiary/aromatic N) is 2. The number of piperidine rings is 1. The normalized spacial score (nSPS) is 31.2. The molecule has 0 aromatic heterocycles. The number of hydrogen-bond acceptors (Lipinski definition) is 2. The van der Waals surface area contributed by atoms with Crippen molar-refractivity contribution in [3.8, 4) is 0 Å². The minimum absolute atomic E-state index is 0.0939. The van der Waals surface area contributed by atoms with E-state index in [1.54, 1.807) is 9.80 Å². The highest BCUT2D eigenvalue weighted by molar-refractivity contribution is 5.86. The molecule has 0 bridgehead atoms. The summed E-state index contributed by atoms with van der Waals surface area (Å²) in [6.45, 7) is 12.5. The molecule has 2 aliphatic rings. The number of carbonyl (C=O) groups is 1. The van der Waals surface area contributed by atoms with Crippen molar-refractivity contribution in [3.05, 3.63) is 0 Å². The van der Waals surface area contributed by atoms with Crippen LogP contribution in [0.15, 0.2) is 0 Å². The Kier molecular flexibility index (Phi) is 3.68. The Bertz CT molecular complexity index is 437. The lowest BCUT2D eigenvalue weighted by Crippen LogP contribution is -2.61. The van der Waals surface area contributed by atoms with Crippen LogP contribution < -0.4 is 0 Å². The highest BCUT2D eigenvalue weighted by Crippen LogP contribution is 2.48. The predicted octanol–water partition coefficient (Wildman–Crippen LogP) is 3.14. The fourth-order valence-corrected chi connectivity index (χ4v) is 3.55. The van der Waals surface area contributed by atoms with E-state index in [1.807, 2.05) is 41.5 Å². The molecule has 2 aliphatic heterocycles. The molecule has 1 unspecified atom stereocenters. The summed E-state index contributed by atoms with van der Waals surface area (Å²) in [6, 6.07) is 0. The molecule has 2 saturated heterocycles. The maximum absolute atomic E-state index is 14.3. The Balaban J connectivity index is 2.32. The molecule has 122 valence electrons. The van der Waals surface area contributed by atoms with E-state index in [0.29, 0.717) is 19.5 Å². The van der Waals surface area contributed by atoms with Gasteiger partial charge in [-0.15, -0.1) is 0 Å². The van der Waals surface area contributed by atoms with E-state index in [4.69, 9.17) is 0 Å². The second kappa shape index (κ2) is 4.64. The molecule has 0 aromatic rings. The summed E-state index contributed by atoms with van der Waals surface area (Å²) in [5, 5.41) is 0. The summed E-state index contributed by atoms with van der Waals surface area (Å²) in [6.07, 6.45) is 0.225. The Labute approximate surface area is 126 Å². The van der Waals surface area contributed by atoms with Crippen molar-refractivity contribution in [2.24, 2.45) is 5.41 Å². The quantitative estimate of drug-likeness (QED) is 0.686. The zero-order chi connectivity index (χ0) is 16.3. The van der Waals surface area contributed by atoms with E-state index >= 15 is 0 Å². The molecule has 0 aliphatic carbocycles. The summed E-state index contributed by atoms with van der Waals surface area (Å²) < 4.78 is 28.5. The van der Waals surface area contributed by atoms with Gasteiger partial charge in [0.2, 0.25) is 5.91 Å². The number of alkyl halides is 2. The molecule has 21 heavy (non-hydrogen) atoms. The largest absolute Gasteiger partial charge is 0.337 e. The van der Waals surface area contributed by atoms with Crippen LogP contribution in [0.4, 0.5) is 8.78 Å². The van der Waals surface area contributed by atoms with Crippen LogP contribution >= 0.6 is 0 Å². The standard InChI is InChI=1S/C16H28F2N2O/c1-13(2,3)19-10-15(9-16(17,18)11-19)7-8-20(12(15)21)14(4,5)6/h7-11H2,1-6H3.